The summed E-state index contributed by atoms with van der Waals surface area (Å²) in [6.07, 6.45) is 2.92. The molecule has 9 nitrogen and oxygen atoms in total. The molecule has 0 saturated carbocycles. The van der Waals surface area contributed by atoms with Crippen molar-refractivity contribution in [2.24, 2.45) is 0 Å². The van der Waals surface area contributed by atoms with Crippen LogP contribution in [0.4, 0.5) is 5.69 Å². The first-order chi connectivity index (χ1) is 20.1. The van der Waals surface area contributed by atoms with Crippen LogP contribution in [0.25, 0.3) is 0 Å². The topological polar surface area (TPSA) is 105 Å². The molecule has 0 aliphatic carbocycles. The molecule has 0 fully saturated rings. The van der Waals surface area contributed by atoms with Crippen molar-refractivity contribution in [1.29, 1.82) is 0 Å². The maximum Gasteiger partial charge on any atom is 0.244 e. The van der Waals surface area contributed by atoms with Gasteiger partial charge in [-0.1, -0.05) is 73.5 Å². The summed E-state index contributed by atoms with van der Waals surface area (Å²) in [5.41, 5.74) is 1.70. The maximum absolute atomic E-state index is 14.2. The van der Waals surface area contributed by atoms with Crippen molar-refractivity contribution in [2.45, 2.75) is 38.8 Å². The Labute approximate surface area is 253 Å². The van der Waals surface area contributed by atoms with Crippen molar-refractivity contribution < 1.29 is 27.5 Å². The van der Waals surface area contributed by atoms with Crippen LogP contribution < -0.4 is 19.1 Å². The van der Waals surface area contributed by atoms with Gasteiger partial charge in [0.25, 0.3) is 0 Å². The summed E-state index contributed by atoms with van der Waals surface area (Å²) in [5, 5.41) is 3.39. The number of nitrogens with one attached hydrogen (secondary N) is 1. The molecule has 2 amide bonds. The van der Waals surface area contributed by atoms with Gasteiger partial charge in [0, 0.05) is 30.6 Å². The van der Waals surface area contributed by atoms with Crippen LogP contribution in [-0.4, -0.2) is 64.7 Å². The first-order valence-electron chi connectivity index (χ1n) is 13.6. The van der Waals surface area contributed by atoms with E-state index in [9.17, 15) is 18.0 Å². The van der Waals surface area contributed by atoms with Gasteiger partial charge in [-0.25, -0.2) is 8.42 Å². The van der Waals surface area contributed by atoms with E-state index in [1.54, 1.807) is 30.3 Å². The van der Waals surface area contributed by atoms with Gasteiger partial charge in [0.2, 0.25) is 21.8 Å². The molecule has 1 N–H and O–H groups in total. The summed E-state index contributed by atoms with van der Waals surface area (Å²) in [6, 6.07) is 20.1. The van der Waals surface area contributed by atoms with Crippen LogP contribution in [0.2, 0.25) is 5.02 Å². The number of halogens is 1. The van der Waals surface area contributed by atoms with Gasteiger partial charge in [0.15, 0.2) is 11.5 Å². The van der Waals surface area contributed by atoms with Gasteiger partial charge in [-0.15, -0.1) is 0 Å². The molecular formula is C31H38ClN3O6S. The zero-order valence-electron chi connectivity index (χ0n) is 24.4. The number of anilines is 1. The summed E-state index contributed by atoms with van der Waals surface area (Å²) in [4.78, 5) is 29.2. The highest BCUT2D eigenvalue weighted by molar-refractivity contribution is 7.92. The minimum absolute atomic E-state index is 0.000734. The standard InChI is InChI=1S/C31H38ClN3O6S/c1-5-6-18-33-31(37)27(19-23-12-8-7-9-13-23)34(21-24-14-10-11-15-26(24)32)30(36)22-35(42(4,38)39)25-16-17-28(40-2)29(20-25)41-3/h7-17,20,27H,5-6,18-19,21-22H2,1-4H3,(H,33,37)/t27-/m0/s1. The molecule has 0 aromatic heterocycles. The van der Waals surface area contributed by atoms with Crippen LogP contribution in [0.15, 0.2) is 72.8 Å². The van der Waals surface area contributed by atoms with E-state index >= 15 is 0 Å². The van der Waals surface area contributed by atoms with Crippen LogP contribution >= 0.6 is 11.6 Å². The highest BCUT2D eigenvalue weighted by Gasteiger charge is 2.33. The monoisotopic (exact) mass is 615 g/mol. The van der Waals surface area contributed by atoms with Crippen molar-refractivity contribution in [1.82, 2.24) is 10.2 Å². The SMILES string of the molecule is CCCCNC(=O)[C@H](Cc1ccccc1)N(Cc1ccccc1Cl)C(=O)CN(c1ccc(OC)c(OC)c1)S(C)(=O)=O. The lowest BCUT2D eigenvalue weighted by molar-refractivity contribution is -0.140. The average molecular weight is 616 g/mol. The highest BCUT2D eigenvalue weighted by Crippen LogP contribution is 2.32. The van der Waals surface area contributed by atoms with Crippen molar-refractivity contribution in [3.05, 3.63) is 88.9 Å². The number of amides is 2. The molecule has 0 radical (unpaired) electrons. The Kier molecular flexibility index (Phi) is 12.1. The number of sulfonamides is 1. The molecule has 1 atom stereocenters. The lowest BCUT2D eigenvalue weighted by atomic mass is 10.0. The molecule has 3 rings (SSSR count). The molecule has 0 aliphatic heterocycles. The number of unbranched alkanes of at least 4 members (excludes halogenated alkanes) is 1. The van der Waals surface area contributed by atoms with Gasteiger partial charge in [-0.05, 0) is 35.7 Å². The fourth-order valence-corrected chi connectivity index (χ4v) is 5.50. The van der Waals surface area contributed by atoms with Crippen molar-refractivity contribution in [2.75, 3.05) is 37.9 Å². The largest absolute Gasteiger partial charge is 0.493 e. The molecular weight excluding hydrogens is 578 g/mol. The Morgan fingerprint density at radius 1 is 0.952 bits per heavy atom. The van der Waals surface area contributed by atoms with Gasteiger partial charge in [0.1, 0.15) is 12.6 Å². The number of nitrogens with zero attached hydrogens (tertiary/aromatic N) is 2. The fourth-order valence-electron chi connectivity index (χ4n) is 4.46. The first kappa shape index (κ1) is 32.8. The average Bonchev–Trinajstić information content (AvgIpc) is 2.98. The second kappa shape index (κ2) is 15.5. The number of methoxy groups -OCH3 is 2. The number of hydrogen-bond acceptors (Lipinski definition) is 6. The molecule has 0 heterocycles. The van der Waals surface area contributed by atoms with Crippen molar-refractivity contribution in [3.63, 3.8) is 0 Å². The molecule has 3 aromatic rings. The second-order valence-corrected chi connectivity index (χ2v) is 12.1. The number of benzene rings is 3. The number of hydrogen-bond donors (Lipinski definition) is 1. The van der Waals surface area contributed by atoms with E-state index in [-0.39, 0.29) is 24.6 Å². The molecule has 3 aromatic carbocycles. The lowest BCUT2D eigenvalue weighted by Crippen LogP contribution is -2.53. The van der Waals surface area contributed by atoms with Gasteiger partial charge >= 0.3 is 0 Å². The Hall–Kier alpha value is -3.76. The molecule has 0 unspecified atom stereocenters. The Morgan fingerprint density at radius 3 is 2.24 bits per heavy atom. The Morgan fingerprint density at radius 2 is 1.62 bits per heavy atom. The van der Waals surface area contributed by atoms with E-state index in [0.717, 1.165) is 29.0 Å². The predicted octanol–water partition coefficient (Wildman–Crippen LogP) is 4.68. The summed E-state index contributed by atoms with van der Waals surface area (Å²) >= 11 is 6.49. The second-order valence-electron chi connectivity index (χ2n) is 9.77. The molecule has 0 bridgehead atoms. The molecule has 226 valence electrons. The summed E-state index contributed by atoms with van der Waals surface area (Å²) in [7, 11) is -1.02. The van der Waals surface area contributed by atoms with E-state index in [4.69, 9.17) is 21.1 Å². The van der Waals surface area contributed by atoms with Crippen LogP contribution in [-0.2, 0) is 32.6 Å². The smallest absolute Gasteiger partial charge is 0.244 e. The van der Waals surface area contributed by atoms with Gasteiger partial charge in [0.05, 0.1) is 26.2 Å². The number of rotatable bonds is 15. The van der Waals surface area contributed by atoms with Crippen molar-refractivity contribution >= 4 is 39.1 Å². The number of carbonyl (C=O) groups excluding carboxylic acids is 2. The molecule has 42 heavy (non-hydrogen) atoms. The molecule has 11 heteroatoms. The van der Waals surface area contributed by atoms with E-state index in [2.05, 4.69) is 5.32 Å². The van der Waals surface area contributed by atoms with E-state index in [1.807, 2.05) is 37.3 Å². The van der Waals surface area contributed by atoms with E-state index in [0.29, 0.717) is 28.6 Å². The molecule has 0 saturated heterocycles. The van der Waals surface area contributed by atoms with Crippen LogP contribution in [0.1, 0.15) is 30.9 Å². The van der Waals surface area contributed by atoms with Gasteiger partial charge < -0.3 is 19.7 Å². The first-order valence-corrected chi connectivity index (χ1v) is 15.9. The predicted molar refractivity (Wildman–Crippen MR) is 166 cm³/mol. The Bertz CT molecular complexity index is 1450. The maximum atomic E-state index is 14.2. The van der Waals surface area contributed by atoms with Crippen LogP contribution in [0, 0.1) is 0 Å². The number of ether oxygens (including phenoxy) is 2. The normalized spacial score (nSPS) is 11.8. The third kappa shape index (κ3) is 8.87. The van der Waals surface area contributed by atoms with Crippen LogP contribution in [0.3, 0.4) is 0 Å². The lowest BCUT2D eigenvalue weighted by Gasteiger charge is -2.33. The van der Waals surface area contributed by atoms with Crippen LogP contribution in [0.5, 0.6) is 11.5 Å². The summed E-state index contributed by atoms with van der Waals surface area (Å²) in [6.45, 7) is 1.93. The summed E-state index contributed by atoms with van der Waals surface area (Å²) in [5.74, 6) is -0.180. The fraction of sp³-hybridized carbons (Fsp3) is 0.355. The van der Waals surface area contributed by atoms with Gasteiger partial charge in [-0.2, -0.15) is 0 Å². The van der Waals surface area contributed by atoms with Crippen molar-refractivity contribution in [3.8, 4) is 11.5 Å². The zero-order chi connectivity index (χ0) is 30.7. The third-order valence-corrected chi connectivity index (χ3v) is 8.24. The Balaban J connectivity index is 2.07. The molecule has 0 spiro atoms. The van der Waals surface area contributed by atoms with E-state index < -0.39 is 28.5 Å². The number of carbonyl (C=O) groups is 2. The zero-order valence-corrected chi connectivity index (χ0v) is 26.0. The third-order valence-electron chi connectivity index (χ3n) is 6.73. The molecule has 0 aliphatic rings. The highest BCUT2D eigenvalue weighted by atomic mass is 35.5. The minimum Gasteiger partial charge on any atom is -0.493 e. The summed E-state index contributed by atoms with van der Waals surface area (Å²) < 4.78 is 37.6. The van der Waals surface area contributed by atoms with Gasteiger partial charge in [-0.3, -0.25) is 13.9 Å². The minimum atomic E-state index is -3.93. The quantitative estimate of drug-likeness (QED) is 0.249. The van der Waals surface area contributed by atoms with E-state index in [1.165, 1.54) is 31.3 Å².